The van der Waals surface area contributed by atoms with E-state index in [0.717, 1.165) is 29.1 Å². The highest BCUT2D eigenvalue weighted by Gasteiger charge is 2.39. The monoisotopic (exact) mass is 398 g/mol. The number of carbonyl (C=O) groups excluding carboxylic acids is 1. The SMILES string of the molecule is COc1cc(C2Nc3ccccc3NC3=C2C(=O)CC(C)(C)C3)cc(Cl)c1O. The molecule has 0 radical (unpaired) electrons. The zero-order valence-corrected chi connectivity index (χ0v) is 16.9. The third-order valence-electron chi connectivity index (χ3n) is 5.33. The van der Waals surface area contributed by atoms with Crippen LogP contribution in [0.25, 0.3) is 0 Å². The van der Waals surface area contributed by atoms with E-state index in [1.165, 1.54) is 7.11 Å². The van der Waals surface area contributed by atoms with Crippen molar-refractivity contribution < 1.29 is 14.6 Å². The number of ether oxygens (including phenoxy) is 1. The summed E-state index contributed by atoms with van der Waals surface area (Å²) in [6, 6.07) is 10.9. The molecule has 28 heavy (non-hydrogen) atoms. The fourth-order valence-corrected chi connectivity index (χ4v) is 4.27. The lowest BCUT2D eigenvalue weighted by atomic mass is 9.73. The van der Waals surface area contributed by atoms with Crippen LogP contribution in [-0.4, -0.2) is 18.0 Å². The first-order chi connectivity index (χ1) is 13.3. The number of phenols is 1. The molecule has 1 unspecified atom stereocenters. The molecule has 4 rings (SSSR count). The number of hydrogen-bond donors (Lipinski definition) is 3. The summed E-state index contributed by atoms with van der Waals surface area (Å²) in [5.74, 6) is 0.276. The number of para-hydroxylation sites is 2. The topological polar surface area (TPSA) is 70.6 Å². The zero-order valence-electron chi connectivity index (χ0n) is 16.1. The normalized spacial score (nSPS) is 20.4. The minimum Gasteiger partial charge on any atom is -0.503 e. The summed E-state index contributed by atoms with van der Waals surface area (Å²) in [6.45, 7) is 4.21. The Hall–Kier alpha value is -2.66. The summed E-state index contributed by atoms with van der Waals surface area (Å²) in [4.78, 5) is 13.2. The summed E-state index contributed by atoms with van der Waals surface area (Å²) < 4.78 is 5.28. The van der Waals surface area contributed by atoms with Crippen LogP contribution in [-0.2, 0) is 4.79 Å². The molecule has 0 saturated carbocycles. The number of benzene rings is 2. The Kier molecular flexibility index (Phi) is 4.50. The van der Waals surface area contributed by atoms with E-state index in [1.807, 2.05) is 24.3 Å². The van der Waals surface area contributed by atoms with Crippen LogP contribution >= 0.6 is 11.6 Å². The van der Waals surface area contributed by atoms with E-state index >= 15 is 0 Å². The number of fused-ring (bicyclic) bond motifs is 1. The summed E-state index contributed by atoms with van der Waals surface area (Å²) in [5, 5.41) is 17.3. The second-order valence-electron chi connectivity index (χ2n) is 8.13. The molecular weight excluding hydrogens is 376 g/mol. The van der Waals surface area contributed by atoms with Gasteiger partial charge < -0.3 is 20.5 Å². The van der Waals surface area contributed by atoms with E-state index in [2.05, 4.69) is 24.5 Å². The quantitative estimate of drug-likeness (QED) is 0.642. The van der Waals surface area contributed by atoms with Crippen molar-refractivity contribution in [2.24, 2.45) is 5.41 Å². The third kappa shape index (κ3) is 3.20. The third-order valence-corrected chi connectivity index (χ3v) is 5.61. The van der Waals surface area contributed by atoms with Crippen LogP contribution in [0, 0.1) is 5.41 Å². The van der Waals surface area contributed by atoms with Gasteiger partial charge in [-0.3, -0.25) is 4.79 Å². The van der Waals surface area contributed by atoms with Crippen molar-refractivity contribution in [3.63, 3.8) is 0 Å². The van der Waals surface area contributed by atoms with Crippen LogP contribution in [0.15, 0.2) is 47.7 Å². The first-order valence-corrected chi connectivity index (χ1v) is 9.62. The Balaban J connectivity index is 1.91. The highest BCUT2D eigenvalue weighted by Crippen LogP contribution is 2.47. The van der Waals surface area contributed by atoms with E-state index in [0.29, 0.717) is 12.0 Å². The number of hydrogen-bond acceptors (Lipinski definition) is 5. The van der Waals surface area contributed by atoms with Gasteiger partial charge in [0, 0.05) is 17.7 Å². The second-order valence-corrected chi connectivity index (χ2v) is 8.54. The maximum Gasteiger partial charge on any atom is 0.176 e. The fourth-order valence-electron chi connectivity index (χ4n) is 4.06. The molecule has 5 nitrogen and oxygen atoms in total. The van der Waals surface area contributed by atoms with Crippen LogP contribution in [0.4, 0.5) is 11.4 Å². The smallest absolute Gasteiger partial charge is 0.176 e. The van der Waals surface area contributed by atoms with Crippen molar-refractivity contribution >= 4 is 28.8 Å². The average Bonchev–Trinajstić information content (AvgIpc) is 2.79. The summed E-state index contributed by atoms with van der Waals surface area (Å²) in [5.41, 5.74) is 4.11. The number of ketones is 1. The van der Waals surface area contributed by atoms with Crippen molar-refractivity contribution in [1.82, 2.24) is 0 Å². The van der Waals surface area contributed by atoms with Crippen LogP contribution in [0.5, 0.6) is 11.5 Å². The molecule has 0 amide bonds. The summed E-state index contributed by atoms with van der Waals surface area (Å²) in [6.07, 6.45) is 1.24. The van der Waals surface area contributed by atoms with Crippen LogP contribution in [0.3, 0.4) is 0 Å². The average molecular weight is 399 g/mol. The van der Waals surface area contributed by atoms with Crippen molar-refractivity contribution in [2.75, 3.05) is 17.7 Å². The molecule has 0 spiro atoms. The first-order valence-electron chi connectivity index (χ1n) is 9.24. The highest BCUT2D eigenvalue weighted by molar-refractivity contribution is 6.32. The van der Waals surface area contributed by atoms with Crippen molar-refractivity contribution in [3.05, 3.63) is 58.3 Å². The number of anilines is 2. The number of rotatable bonds is 2. The summed E-state index contributed by atoms with van der Waals surface area (Å²) in [7, 11) is 1.48. The molecular formula is C22H23ClN2O3. The molecule has 1 aliphatic heterocycles. The lowest BCUT2D eigenvalue weighted by molar-refractivity contribution is -0.118. The van der Waals surface area contributed by atoms with Crippen molar-refractivity contribution in [3.8, 4) is 11.5 Å². The number of phenolic OH excluding ortho intramolecular Hbond substituents is 1. The molecule has 0 aromatic heterocycles. The van der Waals surface area contributed by atoms with Gasteiger partial charge in [0.2, 0.25) is 0 Å². The van der Waals surface area contributed by atoms with E-state index in [4.69, 9.17) is 16.3 Å². The van der Waals surface area contributed by atoms with E-state index in [9.17, 15) is 9.90 Å². The molecule has 1 heterocycles. The van der Waals surface area contributed by atoms with Gasteiger partial charge in [0.25, 0.3) is 0 Å². The molecule has 1 aliphatic carbocycles. The van der Waals surface area contributed by atoms with E-state index < -0.39 is 6.04 Å². The van der Waals surface area contributed by atoms with Gasteiger partial charge in [-0.05, 0) is 41.7 Å². The van der Waals surface area contributed by atoms with Crippen LogP contribution in [0.1, 0.15) is 38.3 Å². The van der Waals surface area contributed by atoms with Gasteiger partial charge in [0.1, 0.15) is 0 Å². The van der Waals surface area contributed by atoms with E-state index in [1.54, 1.807) is 12.1 Å². The summed E-state index contributed by atoms with van der Waals surface area (Å²) >= 11 is 6.24. The number of allylic oxidation sites excluding steroid dienone is 1. The number of carbonyl (C=O) groups is 1. The molecule has 3 N–H and O–H groups in total. The van der Waals surface area contributed by atoms with Gasteiger partial charge in [-0.2, -0.15) is 0 Å². The van der Waals surface area contributed by atoms with Crippen LogP contribution in [0.2, 0.25) is 5.02 Å². The van der Waals surface area contributed by atoms with Gasteiger partial charge in [-0.25, -0.2) is 0 Å². The van der Waals surface area contributed by atoms with Gasteiger partial charge in [-0.1, -0.05) is 37.6 Å². The Morgan fingerprint density at radius 2 is 1.89 bits per heavy atom. The van der Waals surface area contributed by atoms with Gasteiger partial charge in [-0.15, -0.1) is 0 Å². The Bertz CT molecular complexity index is 997. The van der Waals surface area contributed by atoms with Crippen molar-refractivity contribution in [2.45, 2.75) is 32.7 Å². The molecule has 0 bridgehead atoms. The molecule has 0 saturated heterocycles. The Morgan fingerprint density at radius 1 is 1.18 bits per heavy atom. The van der Waals surface area contributed by atoms with Crippen molar-refractivity contribution in [1.29, 1.82) is 0 Å². The fraction of sp³-hybridized carbons (Fsp3) is 0.318. The number of nitrogens with one attached hydrogen (secondary N) is 2. The number of Topliss-reactive ketones (excluding diaryl/α,β-unsaturated/α-hetero) is 1. The largest absolute Gasteiger partial charge is 0.503 e. The molecule has 146 valence electrons. The predicted octanol–water partition coefficient (Wildman–Crippen LogP) is 5.28. The lowest BCUT2D eigenvalue weighted by Crippen LogP contribution is -2.31. The van der Waals surface area contributed by atoms with E-state index in [-0.39, 0.29) is 27.7 Å². The standard InChI is InChI=1S/C22H23ClN2O3/c1-22(2)10-16-19(17(26)11-22)20(25-15-7-5-4-6-14(15)24-16)12-8-13(23)21(27)18(9-12)28-3/h4-9,20,24-25,27H,10-11H2,1-3H3. The minimum absolute atomic E-state index is 0.104. The maximum absolute atomic E-state index is 13.2. The molecule has 1 atom stereocenters. The van der Waals surface area contributed by atoms with Gasteiger partial charge in [0.05, 0.1) is 29.5 Å². The highest BCUT2D eigenvalue weighted by atomic mass is 35.5. The lowest BCUT2D eigenvalue weighted by Gasteiger charge is -2.34. The second kappa shape index (κ2) is 6.74. The minimum atomic E-state index is -0.401. The molecule has 0 fully saturated rings. The molecule has 2 aliphatic rings. The molecule has 2 aromatic rings. The zero-order chi connectivity index (χ0) is 20.1. The first kappa shape index (κ1) is 18.7. The predicted molar refractivity (Wildman–Crippen MR) is 111 cm³/mol. The van der Waals surface area contributed by atoms with Crippen LogP contribution < -0.4 is 15.4 Å². The Labute approximate surface area is 169 Å². The van der Waals surface area contributed by atoms with Gasteiger partial charge in [0.15, 0.2) is 17.3 Å². The van der Waals surface area contributed by atoms with Gasteiger partial charge >= 0.3 is 0 Å². The Morgan fingerprint density at radius 3 is 2.61 bits per heavy atom. The maximum atomic E-state index is 13.2. The molecule has 6 heteroatoms. The molecule has 2 aromatic carbocycles. The number of aromatic hydroxyl groups is 1. The number of methoxy groups -OCH3 is 1. The number of halogens is 1.